The Balaban J connectivity index is 1.67. The van der Waals surface area contributed by atoms with Gasteiger partial charge in [0.25, 0.3) is 5.91 Å². The molecule has 1 amide bonds. The highest BCUT2D eigenvalue weighted by atomic mass is 32.2. The molecule has 0 atom stereocenters. The SMILES string of the molecule is CCOc1ccc(C(=O)NCCSCc2ccc(C)cc2)cc1. The Morgan fingerprint density at radius 3 is 2.43 bits per heavy atom. The molecule has 0 aromatic heterocycles. The number of hydrogen-bond donors (Lipinski definition) is 1. The maximum atomic E-state index is 12.0. The van der Waals surface area contributed by atoms with Gasteiger partial charge in [0.05, 0.1) is 6.61 Å². The second-order valence-corrected chi connectivity index (χ2v) is 6.36. The van der Waals surface area contributed by atoms with Crippen LogP contribution in [-0.4, -0.2) is 24.8 Å². The van der Waals surface area contributed by atoms with Crippen molar-refractivity contribution in [2.45, 2.75) is 19.6 Å². The van der Waals surface area contributed by atoms with Crippen molar-refractivity contribution < 1.29 is 9.53 Å². The summed E-state index contributed by atoms with van der Waals surface area (Å²) in [5.74, 6) is 2.62. The molecule has 0 bridgehead atoms. The lowest BCUT2D eigenvalue weighted by atomic mass is 10.2. The molecular weight excluding hydrogens is 306 g/mol. The van der Waals surface area contributed by atoms with Crippen LogP contribution in [0.15, 0.2) is 48.5 Å². The van der Waals surface area contributed by atoms with Gasteiger partial charge in [-0.05, 0) is 43.7 Å². The molecule has 4 heteroatoms. The predicted octanol–water partition coefficient (Wildman–Crippen LogP) is 4.06. The summed E-state index contributed by atoms with van der Waals surface area (Å²) < 4.78 is 5.37. The zero-order valence-electron chi connectivity index (χ0n) is 13.7. The molecule has 0 saturated carbocycles. The molecule has 0 aliphatic heterocycles. The second kappa shape index (κ2) is 9.26. The van der Waals surface area contributed by atoms with E-state index in [1.54, 1.807) is 12.1 Å². The Kier molecular flexibility index (Phi) is 7.01. The predicted molar refractivity (Wildman–Crippen MR) is 97.3 cm³/mol. The Bertz CT molecular complexity index is 608. The average molecular weight is 329 g/mol. The van der Waals surface area contributed by atoms with Crippen LogP contribution in [0.25, 0.3) is 0 Å². The molecule has 1 N–H and O–H groups in total. The number of thioether (sulfide) groups is 1. The maximum absolute atomic E-state index is 12.0. The summed E-state index contributed by atoms with van der Waals surface area (Å²) in [6, 6.07) is 15.8. The number of nitrogens with one attached hydrogen (secondary N) is 1. The van der Waals surface area contributed by atoms with Crippen molar-refractivity contribution in [1.82, 2.24) is 5.32 Å². The van der Waals surface area contributed by atoms with Gasteiger partial charge in [0.15, 0.2) is 0 Å². The van der Waals surface area contributed by atoms with Crippen molar-refractivity contribution in [3.63, 3.8) is 0 Å². The van der Waals surface area contributed by atoms with Gasteiger partial charge in [-0.1, -0.05) is 29.8 Å². The van der Waals surface area contributed by atoms with Gasteiger partial charge in [-0.2, -0.15) is 11.8 Å². The van der Waals surface area contributed by atoms with Crippen molar-refractivity contribution in [1.29, 1.82) is 0 Å². The van der Waals surface area contributed by atoms with Crippen LogP contribution >= 0.6 is 11.8 Å². The first-order chi connectivity index (χ1) is 11.2. The molecule has 23 heavy (non-hydrogen) atoms. The van der Waals surface area contributed by atoms with Crippen LogP contribution in [0.4, 0.5) is 0 Å². The van der Waals surface area contributed by atoms with Gasteiger partial charge >= 0.3 is 0 Å². The smallest absolute Gasteiger partial charge is 0.251 e. The molecule has 0 radical (unpaired) electrons. The third-order valence-corrected chi connectivity index (χ3v) is 4.38. The lowest BCUT2D eigenvalue weighted by Gasteiger charge is -2.07. The number of hydrogen-bond acceptors (Lipinski definition) is 3. The Labute approximate surface area is 142 Å². The zero-order chi connectivity index (χ0) is 16.5. The van der Waals surface area contributed by atoms with Crippen molar-refractivity contribution in [2.75, 3.05) is 18.9 Å². The van der Waals surface area contributed by atoms with Gasteiger partial charge in [-0.3, -0.25) is 4.79 Å². The summed E-state index contributed by atoms with van der Waals surface area (Å²) >= 11 is 1.82. The van der Waals surface area contributed by atoms with Crippen molar-refractivity contribution in [2.24, 2.45) is 0 Å². The molecule has 2 aromatic rings. The van der Waals surface area contributed by atoms with Gasteiger partial charge in [0.2, 0.25) is 0 Å². The van der Waals surface area contributed by atoms with E-state index < -0.39 is 0 Å². The third-order valence-electron chi connectivity index (χ3n) is 3.35. The number of ether oxygens (including phenoxy) is 1. The minimum Gasteiger partial charge on any atom is -0.494 e. The molecule has 0 aliphatic rings. The van der Waals surface area contributed by atoms with Crippen LogP contribution in [0.3, 0.4) is 0 Å². The Hall–Kier alpha value is -1.94. The molecule has 0 fully saturated rings. The topological polar surface area (TPSA) is 38.3 Å². The summed E-state index contributed by atoms with van der Waals surface area (Å²) in [5.41, 5.74) is 3.26. The third kappa shape index (κ3) is 5.99. The second-order valence-electron chi connectivity index (χ2n) is 5.25. The van der Waals surface area contributed by atoms with Crippen LogP contribution in [-0.2, 0) is 5.75 Å². The fourth-order valence-corrected chi connectivity index (χ4v) is 2.90. The van der Waals surface area contributed by atoms with Crippen LogP contribution in [0.1, 0.15) is 28.4 Å². The molecule has 2 rings (SSSR count). The number of amides is 1. The summed E-state index contributed by atoms with van der Waals surface area (Å²) in [5, 5.41) is 2.95. The number of aryl methyl sites for hydroxylation is 1. The molecule has 2 aromatic carbocycles. The average Bonchev–Trinajstić information content (AvgIpc) is 2.57. The quantitative estimate of drug-likeness (QED) is 0.742. The number of benzene rings is 2. The summed E-state index contributed by atoms with van der Waals surface area (Å²) in [6.45, 7) is 5.33. The van der Waals surface area contributed by atoms with Crippen LogP contribution in [0.5, 0.6) is 5.75 Å². The van der Waals surface area contributed by atoms with Gasteiger partial charge in [-0.15, -0.1) is 0 Å². The van der Waals surface area contributed by atoms with Crippen molar-refractivity contribution in [3.8, 4) is 5.75 Å². The first-order valence-electron chi connectivity index (χ1n) is 7.83. The van der Waals surface area contributed by atoms with E-state index in [-0.39, 0.29) is 5.91 Å². The summed E-state index contributed by atoms with van der Waals surface area (Å²) in [4.78, 5) is 12.0. The Morgan fingerprint density at radius 2 is 1.78 bits per heavy atom. The number of carbonyl (C=O) groups is 1. The van der Waals surface area contributed by atoms with E-state index in [0.717, 1.165) is 17.3 Å². The van der Waals surface area contributed by atoms with Gasteiger partial charge < -0.3 is 10.1 Å². The minimum absolute atomic E-state index is 0.0380. The normalized spacial score (nSPS) is 10.3. The molecular formula is C19H23NO2S. The largest absolute Gasteiger partial charge is 0.494 e. The summed E-state index contributed by atoms with van der Waals surface area (Å²) in [7, 11) is 0. The minimum atomic E-state index is -0.0380. The molecule has 3 nitrogen and oxygen atoms in total. The zero-order valence-corrected chi connectivity index (χ0v) is 14.5. The highest BCUT2D eigenvalue weighted by molar-refractivity contribution is 7.98. The maximum Gasteiger partial charge on any atom is 0.251 e. The lowest BCUT2D eigenvalue weighted by Crippen LogP contribution is -2.25. The lowest BCUT2D eigenvalue weighted by molar-refractivity contribution is 0.0956. The highest BCUT2D eigenvalue weighted by Crippen LogP contribution is 2.13. The molecule has 0 spiro atoms. The first kappa shape index (κ1) is 17.4. The van der Waals surface area contributed by atoms with Crippen LogP contribution < -0.4 is 10.1 Å². The van der Waals surface area contributed by atoms with Gasteiger partial charge in [0.1, 0.15) is 5.75 Å². The van der Waals surface area contributed by atoms with E-state index in [0.29, 0.717) is 18.7 Å². The van der Waals surface area contributed by atoms with E-state index in [2.05, 4.69) is 36.5 Å². The molecule has 0 saturated heterocycles. The van der Waals surface area contributed by atoms with Crippen molar-refractivity contribution >= 4 is 17.7 Å². The van der Waals surface area contributed by atoms with E-state index in [4.69, 9.17) is 4.74 Å². The molecule has 0 aliphatic carbocycles. The Morgan fingerprint density at radius 1 is 1.09 bits per heavy atom. The fraction of sp³-hybridized carbons (Fsp3) is 0.316. The van der Waals surface area contributed by atoms with E-state index in [1.807, 2.05) is 30.8 Å². The van der Waals surface area contributed by atoms with Crippen LogP contribution in [0, 0.1) is 6.92 Å². The first-order valence-corrected chi connectivity index (χ1v) is 8.99. The molecule has 0 unspecified atom stereocenters. The van der Waals surface area contributed by atoms with E-state index in [9.17, 15) is 4.79 Å². The summed E-state index contributed by atoms with van der Waals surface area (Å²) in [6.07, 6.45) is 0. The standard InChI is InChI=1S/C19H23NO2S/c1-3-22-18-10-8-17(9-11-18)19(21)20-12-13-23-14-16-6-4-15(2)5-7-16/h4-11H,3,12-14H2,1-2H3,(H,20,21). The monoisotopic (exact) mass is 329 g/mol. The van der Waals surface area contributed by atoms with Crippen LogP contribution in [0.2, 0.25) is 0 Å². The molecule has 0 heterocycles. The van der Waals surface area contributed by atoms with Gasteiger partial charge in [-0.25, -0.2) is 0 Å². The van der Waals surface area contributed by atoms with E-state index in [1.165, 1.54) is 11.1 Å². The van der Waals surface area contributed by atoms with Gasteiger partial charge in [0, 0.05) is 23.6 Å². The van der Waals surface area contributed by atoms with Crippen molar-refractivity contribution in [3.05, 3.63) is 65.2 Å². The molecule has 122 valence electrons. The highest BCUT2D eigenvalue weighted by Gasteiger charge is 2.04. The fourth-order valence-electron chi connectivity index (χ4n) is 2.08. The van der Waals surface area contributed by atoms with E-state index >= 15 is 0 Å². The number of rotatable bonds is 8. The number of carbonyl (C=O) groups excluding carboxylic acids is 1.